The second kappa shape index (κ2) is 8.68. The highest BCUT2D eigenvalue weighted by atomic mass is 35.5. The van der Waals surface area contributed by atoms with Gasteiger partial charge in [0.2, 0.25) is 0 Å². The minimum absolute atomic E-state index is 0.394. The Morgan fingerprint density at radius 3 is 2.46 bits per heavy atom. The summed E-state index contributed by atoms with van der Waals surface area (Å²) in [6.45, 7) is 0. The number of nitrogens with two attached hydrogens (primary N) is 2. The van der Waals surface area contributed by atoms with Crippen molar-refractivity contribution in [2.75, 3.05) is 5.01 Å². The minimum Gasteiger partial charge on any atom is -0.453 e. The fraction of sp³-hybridized carbons (Fsp3) is 0. The van der Waals surface area contributed by atoms with Crippen LogP contribution in [0.5, 0.6) is 11.5 Å². The van der Waals surface area contributed by atoms with Crippen molar-refractivity contribution in [3.8, 4) is 17.6 Å². The van der Waals surface area contributed by atoms with Crippen molar-refractivity contribution in [2.24, 2.45) is 11.6 Å². The Morgan fingerprint density at radius 1 is 1.00 bits per heavy atom. The molecule has 7 heteroatoms. The van der Waals surface area contributed by atoms with Crippen molar-refractivity contribution in [3.05, 3.63) is 94.1 Å². The second-order valence-electron chi connectivity index (χ2n) is 5.72. The summed E-state index contributed by atoms with van der Waals surface area (Å²) in [4.78, 5) is 0. The van der Waals surface area contributed by atoms with E-state index < -0.39 is 0 Å². The summed E-state index contributed by atoms with van der Waals surface area (Å²) >= 11 is 12.2. The van der Waals surface area contributed by atoms with Crippen molar-refractivity contribution in [1.29, 1.82) is 5.26 Å². The van der Waals surface area contributed by atoms with E-state index in [0.29, 0.717) is 44.1 Å². The molecule has 3 aromatic rings. The van der Waals surface area contributed by atoms with Crippen LogP contribution < -0.4 is 21.3 Å². The molecular formula is C21H16Cl2N4O. The molecule has 0 saturated carbocycles. The Balaban J connectivity index is 2.02. The number of nitriles is 1. The van der Waals surface area contributed by atoms with Gasteiger partial charge in [0.1, 0.15) is 11.4 Å². The van der Waals surface area contributed by atoms with E-state index in [1.807, 2.05) is 12.1 Å². The fourth-order valence-corrected chi connectivity index (χ4v) is 2.97. The molecule has 0 bridgehead atoms. The third kappa shape index (κ3) is 4.05. The molecule has 0 radical (unpaired) electrons. The zero-order valence-electron chi connectivity index (χ0n) is 14.6. The van der Waals surface area contributed by atoms with Crippen LogP contribution >= 0.6 is 23.2 Å². The molecule has 28 heavy (non-hydrogen) atoms. The molecule has 0 saturated heterocycles. The van der Waals surface area contributed by atoms with E-state index in [2.05, 4.69) is 6.07 Å². The van der Waals surface area contributed by atoms with Crippen LogP contribution in [-0.2, 0) is 0 Å². The highest BCUT2D eigenvalue weighted by Crippen LogP contribution is 2.38. The third-order valence-corrected chi connectivity index (χ3v) is 4.53. The van der Waals surface area contributed by atoms with Crippen molar-refractivity contribution >= 4 is 34.6 Å². The quantitative estimate of drug-likeness (QED) is 0.440. The molecule has 0 spiro atoms. The predicted octanol–water partition coefficient (Wildman–Crippen LogP) is 5.29. The monoisotopic (exact) mass is 410 g/mol. The molecule has 4 N–H and O–H groups in total. The van der Waals surface area contributed by atoms with Crippen LogP contribution in [0.2, 0.25) is 10.0 Å². The molecule has 0 atom stereocenters. The molecule has 5 nitrogen and oxygen atoms in total. The first-order valence-corrected chi connectivity index (χ1v) is 8.99. The topological polar surface area (TPSA) is 88.3 Å². The van der Waals surface area contributed by atoms with Crippen LogP contribution in [-0.4, -0.2) is 0 Å². The maximum Gasteiger partial charge on any atom is 0.152 e. The van der Waals surface area contributed by atoms with Crippen molar-refractivity contribution < 1.29 is 4.74 Å². The zero-order valence-corrected chi connectivity index (χ0v) is 16.2. The number of hydrogen-bond acceptors (Lipinski definition) is 5. The lowest BCUT2D eigenvalue weighted by molar-refractivity contribution is 0.483. The van der Waals surface area contributed by atoms with Crippen LogP contribution in [0.15, 0.2) is 72.9 Å². The molecule has 0 aliphatic heterocycles. The van der Waals surface area contributed by atoms with Gasteiger partial charge >= 0.3 is 0 Å². The first-order valence-electron chi connectivity index (χ1n) is 8.23. The van der Waals surface area contributed by atoms with Gasteiger partial charge < -0.3 is 10.5 Å². The number of benzene rings is 3. The molecular weight excluding hydrogens is 395 g/mol. The van der Waals surface area contributed by atoms with Gasteiger partial charge in [-0.25, -0.2) is 5.84 Å². The smallest absolute Gasteiger partial charge is 0.152 e. The maximum absolute atomic E-state index is 9.39. The number of nitrogens with zero attached hydrogens (tertiary/aromatic N) is 2. The van der Waals surface area contributed by atoms with Gasteiger partial charge in [0.05, 0.1) is 22.4 Å². The first kappa shape index (κ1) is 19.6. The lowest BCUT2D eigenvalue weighted by Crippen LogP contribution is -2.30. The Hall–Kier alpha value is -3.17. The molecule has 0 aliphatic carbocycles. The van der Waals surface area contributed by atoms with Gasteiger partial charge in [-0.1, -0.05) is 53.5 Å². The SMILES string of the molecule is N#Cc1ccccc1/C(=C/N)N(N)c1ccccc1Oc1cc(Cl)ccc1Cl. The molecule has 0 amide bonds. The minimum atomic E-state index is 0.394. The van der Waals surface area contributed by atoms with Gasteiger partial charge in [0, 0.05) is 22.9 Å². The maximum atomic E-state index is 9.39. The number of anilines is 1. The van der Waals surface area contributed by atoms with E-state index in [1.54, 1.807) is 54.6 Å². The first-order chi connectivity index (χ1) is 13.5. The van der Waals surface area contributed by atoms with E-state index in [9.17, 15) is 5.26 Å². The summed E-state index contributed by atoms with van der Waals surface area (Å²) in [5.41, 5.74) is 7.87. The van der Waals surface area contributed by atoms with Crippen molar-refractivity contribution in [1.82, 2.24) is 0 Å². The number of hydrogen-bond donors (Lipinski definition) is 2. The molecule has 0 heterocycles. The number of ether oxygens (including phenoxy) is 1. The van der Waals surface area contributed by atoms with Crippen LogP contribution in [0, 0.1) is 11.3 Å². The molecule has 0 aromatic heterocycles. The summed E-state index contributed by atoms with van der Waals surface area (Å²) in [5, 5.41) is 11.7. The Kier molecular flexibility index (Phi) is 6.07. The zero-order chi connectivity index (χ0) is 20.1. The normalized spacial score (nSPS) is 11.0. The second-order valence-corrected chi connectivity index (χ2v) is 6.57. The van der Waals surface area contributed by atoms with Gasteiger partial charge in [-0.05, 0) is 30.3 Å². The standard InChI is InChI=1S/C21H16Cl2N4O/c22-15-9-10-17(23)21(11-15)28-20-8-4-3-7-18(20)27(26)19(13-25)16-6-2-1-5-14(16)12-24/h1-11,13H,25-26H2/b19-13-. The predicted molar refractivity (Wildman–Crippen MR) is 113 cm³/mol. The lowest BCUT2D eigenvalue weighted by atomic mass is 10.1. The highest BCUT2D eigenvalue weighted by Gasteiger charge is 2.18. The van der Waals surface area contributed by atoms with Crippen LogP contribution in [0.3, 0.4) is 0 Å². The Labute approximate surface area is 172 Å². The number of halogens is 2. The van der Waals surface area contributed by atoms with Gasteiger partial charge in [-0.15, -0.1) is 0 Å². The largest absolute Gasteiger partial charge is 0.453 e. The van der Waals surface area contributed by atoms with Crippen LogP contribution in [0.1, 0.15) is 11.1 Å². The number of hydrazine groups is 1. The summed E-state index contributed by atoms with van der Waals surface area (Å²) in [6, 6.07) is 21.3. The number of para-hydroxylation sites is 2. The van der Waals surface area contributed by atoms with E-state index in [4.69, 9.17) is 39.5 Å². The number of rotatable bonds is 5. The Bertz CT molecular complexity index is 1080. The van der Waals surface area contributed by atoms with Gasteiger partial charge in [-0.2, -0.15) is 5.26 Å². The van der Waals surface area contributed by atoms with Crippen molar-refractivity contribution in [2.45, 2.75) is 0 Å². The van der Waals surface area contributed by atoms with E-state index >= 15 is 0 Å². The summed E-state index contributed by atoms with van der Waals surface area (Å²) in [7, 11) is 0. The molecule has 3 aromatic carbocycles. The average Bonchev–Trinajstić information content (AvgIpc) is 2.72. The molecule has 140 valence electrons. The van der Waals surface area contributed by atoms with E-state index in [1.165, 1.54) is 11.2 Å². The summed E-state index contributed by atoms with van der Waals surface area (Å²) in [5.74, 6) is 7.21. The summed E-state index contributed by atoms with van der Waals surface area (Å²) in [6.07, 6.45) is 1.35. The molecule has 0 unspecified atom stereocenters. The Morgan fingerprint density at radius 2 is 1.71 bits per heavy atom. The lowest BCUT2D eigenvalue weighted by Gasteiger charge is -2.25. The van der Waals surface area contributed by atoms with Gasteiger partial charge in [-0.3, -0.25) is 5.01 Å². The average molecular weight is 411 g/mol. The fourth-order valence-electron chi connectivity index (χ4n) is 2.65. The van der Waals surface area contributed by atoms with E-state index in [0.717, 1.165) is 0 Å². The molecule has 0 fully saturated rings. The molecule has 0 aliphatic rings. The van der Waals surface area contributed by atoms with Gasteiger partial charge in [0.15, 0.2) is 5.75 Å². The van der Waals surface area contributed by atoms with Crippen LogP contribution in [0.25, 0.3) is 5.70 Å². The van der Waals surface area contributed by atoms with E-state index in [-0.39, 0.29) is 0 Å². The highest BCUT2D eigenvalue weighted by molar-refractivity contribution is 6.34. The third-order valence-electron chi connectivity index (χ3n) is 3.98. The molecule has 3 rings (SSSR count). The summed E-state index contributed by atoms with van der Waals surface area (Å²) < 4.78 is 5.96. The van der Waals surface area contributed by atoms with Gasteiger partial charge in [0.25, 0.3) is 0 Å². The van der Waals surface area contributed by atoms with Crippen LogP contribution in [0.4, 0.5) is 5.69 Å². The van der Waals surface area contributed by atoms with Crippen molar-refractivity contribution in [3.63, 3.8) is 0 Å².